The van der Waals surface area contributed by atoms with Gasteiger partial charge in [-0.3, -0.25) is 4.79 Å². The zero-order valence-electron chi connectivity index (χ0n) is 24.2. The molecule has 0 radical (unpaired) electrons. The van der Waals surface area contributed by atoms with Crippen molar-refractivity contribution in [3.63, 3.8) is 0 Å². The monoisotopic (exact) mass is 592 g/mol. The van der Waals surface area contributed by atoms with Crippen molar-refractivity contribution in [3.8, 4) is 22.3 Å². The number of benzene rings is 2. The first-order valence-corrected chi connectivity index (χ1v) is 13.8. The smallest absolute Gasteiger partial charge is 0.550 e. The van der Waals surface area contributed by atoms with Crippen molar-refractivity contribution in [2.24, 2.45) is 0 Å². The van der Waals surface area contributed by atoms with Gasteiger partial charge in [-0.25, -0.2) is 8.78 Å². The quantitative estimate of drug-likeness (QED) is 0.311. The fraction of sp³-hybridized carbons (Fsp3) is 0.419. The van der Waals surface area contributed by atoms with Crippen LogP contribution in [-0.2, 0) is 16.0 Å². The number of aromatic nitrogens is 1. The Hall–Kier alpha value is -2.60. The Labute approximate surface area is 266 Å². The van der Waals surface area contributed by atoms with Gasteiger partial charge in [0, 0.05) is 48.3 Å². The van der Waals surface area contributed by atoms with Crippen LogP contribution in [0.4, 0.5) is 8.78 Å². The Morgan fingerprint density at radius 3 is 1.93 bits per heavy atom. The molecular formula is C31H35F2N2NaO6. The summed E-state index contributed by atoms with van der Waals surface area (Å²) >= 11 is 0. The van der Waals surface area contributed by atoms with Crippen molar-refractivity contribution < 1.29 is 68.0 Å². The van der Waals surface area contributed by atoms with Gasteiger partial charge in [0.1, 0.15) is 17.3 Å². The number of aliphatic hydroxyl groups is 2. The van der Waals surface area contributed by atoms with Crippen LogP contribution in [0.5, 0.6) is 0 Å². The van der Waals surface area contributed by atoms with E-state index in [1.54, 1.807) is 29.2 Å². The molecule has 0 aliphatic carbocycles. The average Bonchev–Trinajstić information content (AvgIpc) is 3.27. The minimum atomic E-state index is -1.41. The van der Waals surface area contributed by atoms with E-state index in [9.17, 15) is 33.7 Å². The topological polar surface area (TPSA) is 115 Å². The Morgan fingerprint density at radius 1 is 0.905 bits per heavy atom. The van der Waals surface area contributed by atoms with Gasteiger partial charge in [0.15, 0.2) is 0 Å². The third kappa shape index (κ3) is 8.06. The fourth-order valence-corrected chi connectivity index (χ4v) is 5.42. The van der Waals surface area contributed by atoms with Crippen LogP contribution in [0, 0.1) is 11.6 Å². The largest absolute Gasteiger partial charge is 1.00 e. The van der Waals surface area contributed by atoms with Crippen LogP contribution >= 0.6 is 0 Å². The molecule has 4 rings (SSSR count). The van der Waals surface area contributed by atoms with Gasteiger partial charge in [-0.05, 0) is 68.5 Å². The number of carboxylic acids is 1. The van der Waals surface area contributed by atoms with Crippen LogP contribution in [0.3, 0.4) is 0 Å². The minimum absolute atomic E-state index is 0. The summed E-state index contributed by atoms with van der Waals surface area (Å²) in [6.07, 6.45) is -2.64. The van der Waals surface area contributed by atoms with Crippen LogP contribution in [0.2, 0.25) is 0 Å². The number of carboxylic acid groups (broad SMARTS) is 1. The summed E-state index contributed by atoms with van der Waals surface area (Å²) in [5.41, 5.74) is 3.58. The Bertz CT molecular complexity index is 1360. The number of nitrogens with zero attached hydrogens (tertiary/aromatic N) is 2. The maximum absolute atomic E-state index is 14.2. The van der Waals surface area contributed by atoms with Gasteiger partial charge in [-0.15, -0.1) is 0 Å². The molecule has 42 heavy (non-hydrogen) atoms. The number of hydrogen-bond donors (Lipinski definition) is 2. The van der Waals surface area contributed by atoms with E-state index in [-0.39, 0.29) is 60.8 Å². The second kappa shape index (κ2) is 15.2. The van der Waals surface area contributed by atoms with Crippen molar-refractivity contribution in [3.05, 3.63) is 71.6 Å². The molecule has 220 valence electrons. The Kier molecular flexibility index (Phi) is 12.3. The van der Waals surface area contributed by atoms with Crippen LogP contribution in [-0.4, -0.2) is 70.1 Å². The maximum Gasteiger partial charge on any atom is 1.00 e. The Balaban J connectivity index is 0.00000484. The molecule has 8 nitrogen and oxygen atoms in total. The molecule has 1 aliphatic heterocycles. The second-order valence-corrected chi connectivity index (χ2v) is 10.6. The molecule has 2 aromatic carbocycles. The van der Waals surface area contributed by atoms with E-state index in [0.29, 0.717) is 59.9 Å². The van der Waals surface area contributed by atoms with E-state index < -0.39 is 36.2 Å². The number of morpholine rings is 1. The van der Waals surface area contributed by atoms with Crippen molar-refractivity contribution in [1.82, 2.24) is 9.47 Å². The summed E-state index contributed by atoms with van der Waals surface area (Å²) in [5, 5.41) is 31.6. The number of carbonyl (C=O) groups excluding carboxylic acids is 2. The molecule has 1 saturated heterocycles. The summed E-state index contributed by atoms with van der Waals surface area (Å²) in [4.78, 5) is 26.8. The predicted octanol–water partition coefficient (Wildman–Crippen LogP) is 0.342. The summed E-state index contributed by atoms with van der Waals surface area (Å²) in [6, 6.07) is 11.5. The molecule has 3 aromatic rings. The van der Waals surface area contributed by atoms with Crippen LogP contribution < -0.4 is 34.7 Å². The van der Waals surface area contributed by atoms with E-state index in [1.165, 1.54) is 24.3 Å². The van der Waals surface area contributed by atoms with Gasteiger partial charge in [0.2, 0.25) is 0 Å². The van der Waals surface area contributed by atoms with Gasteiger partial charge in [-0.1, -0.05) is 24.3 Å². The van der Waals surface area contributed by atoms with E-state index >= 15 is 0 Å². The summed E-state index contributed by atoms with van der Waals surface area (Å²) in [5.74, 6) is -2.49. The molecule has 1 amide bonds. The molecule has 0 spiro atoms. The molecule has 2 heterocycles. The molecule has 2 atom stereocenters. The number of rotatable bonds is 11. The zero-order chi connectivity index (χ0) is 29.7. The van der Waals surface area contributed by atoms with E-state index in [0.717, 1.165) is 0 Å². The number of amides is 1. The molecular weight excluding hydrogens is 557 g/mol. The predicted molar refractivity (Wildman–Crippen MR) is 147 cm³/mol. The molecule has 11 heteroatoms. The average molecular weight is 593 g/mol. The van der Waals surface area contributed by atoms with Gasteiger partial charge in [0.25, 0.3) is 5.91 Å². The standard InChI is InChI=1S/C31H36F2N2O6.Na/c1-19(2)35-26(12-11-24(36)17-25(37)18-27(38)39)28(20-3-7-22(32)8-4-20)29(21-5-9-23(33)10-6-21)30(35)31(40)34-13-15-41-16-14-34;/h3-10,19,24-25,36-37H,11-18H2,1-2H3,(H,38,39);/q;+1/p-1/t24-,25-;/m1./s1. The number of halogens is 2. The van der Waals surface area contributed by atoms with Crippen molar-refractivity contribution in [1.29, 1.82) is 0 Å². The molecule has 2 N–H and O–H groups in total. The summed E-state index contributed by atoms with van der Waals surface area (Å²) in [6.45, 7) is 5.48. The van der Waals surface area contributed by atoms with Gasteiger partial charge >= 0.3 is 29.6 Å². The molecule has 1 fully saturated rings. The summed E-state index contributed by atoms with van der Waals surface area (Å²) < 4.78 is 35.4. The third-order valence-electron chi connectivity index (χ3n) is 7.25. The van der Waals surface area contributed by atoms with Crippen LogP contribution in [0.25, 0.3) is 22.3 Å². The first-order valence-electron chi connectivity index (χ1n) is 13.8. The van der Waals surface area contributed by atoms with E-state index in [1.807, 2.05) is 18.4 Å². The minimum Gasteiger partial charge on any atom is -0.550 e. The normalized spacial score (nSPS) is 14.9. The number of aliphatic hydroxyl groups excluding tert-OH is 2. The molecule has 0 unspecified atom stereocenters. The van der Waals surface area contributed by atoms with Gasteiger partial charge in [0.05, 0.1) is 25.4 Å². The molecule has 1 aliphatic rings. The molecule has 0 saturated carbocycles. The van der Waals surface area contributed by atoms with E-state index in [4.69, 9.17) is 4.74 Å². The van der Waals surface area contributed by atoms with Crippen molar-refractivity contribution >= 4 is 11.9 Å². The fourth-order valence-electron chi connectivity index (χ4n) is 5.42. The maximum atomic E-state index is 14.2. The first-order chi connectivity index (χ1) is 19.6. The number of carbonyl (C=O) groups is 2. The number of ether oxygens (including phenoxy) is 1. The molecule has 0 bridgehead atoms. The second-order valence-electron chi connectivity index (χ2n) is 10.6. The van der Waals surface area contributed by atoms with Crippen molar-refractivity contribution in [2.75, 3.05) is 26.3 Å². The SMILES string of the molecule is CC(C)n1c(CC[C@@H](O)C[C@@H](O)CC(=O)[O-])c(-c2ccc(F)cc2)c(-c2ccc(F)cc2)c1C(=O)N1CCOCC1.[Na+]. The number of hydrogen-bond acceptors (Lipinski definition) is 6. The van der Waals surface area contributed by atoms with Crippen LogP contribution in [0.15, 0.2) is 48.5 Å². The zero-order valence-corrected chi connectivity index (χ0v) is 26.2. The van der Waals surface area contributed by atoms with Crippen molar-refractivity contribution in [2.45, 2.75) is 57.8 Å². The van der Waals surface area contributed by atoms with E-state index in [2.05, 4.69) is 0 Å². The first kappa shape index (κ1) is 33.9. The van der Waals surface area contributed by atoms with Crippen LogP contribution in [0.1, 0.15) is 55.3 Å². The number of aliphatic carboxylic acids is 1. The summed E-state index contributed by atoms with van der Waals surface area (Å²) in [7, 11) is 0. The van der Waals surface area contributed by atoms with Gasteiger partial charge < -0.3 is 34.3 Å². The van der Waals surface area contributed by atoms with Gasteiger partial charge in [-0.2, -0.15) is 0 Å². The third-order valence-corrected chi connectivity index (χ3v) is 7.25. The Morgan fingerprint density at radius 2 is 1.43 bits per heavy atom. The molecule has 1 aromatic heterocycles.